The van der Waals surface area contributed by atoms with E-state index in [4.69, 9.17) is 11.0 Å². The summed E-state index contributed by atoms with van der Waals surface area (Å²) in [7, 11) is 0. The number of nitrogens with zero attached hydrogens (tertiary/aromatic N) is 1. The second-order valence-electron chi connectivity index (χ2n) is 4.69. The molecule has 19 heavy (non-hydrogen) atoms. The van der Waals surface area contributed by atoms with Gasteiger partial charge < -0.3 is 5.73 Å². The second kappa shape index (κ2) is 5.81. The van der Waals surface area contributed by atoms with Crippen molar-refractivity contribution in [1.29, 1.82) is 5.26 Å². The first kappa shape index (κ1) is 13.5. The molecule has 0 spiro atoms. The van der Waals surface area contributed by atoms with E-state index in [9.17, 15) is 0 Å². The Morgan fingerprint density at radius 1 is 1.11 bits per heavy atom. The normalized spacial score (nSPS) is 10.4. The topological polar surface area (TPSA) is 49.8 Å². The van der Waals surface area contributed by atoms with Crippen LogP contribution in [0.5, 0.6) is 0 Å². The number of nitrogens with two attached hydrogens (primary N) is 1. The first-order chi connectivity index (χ1) is 9.10. The van der Waals surface area contributed by atoms with Crippen LogP contribution in [0.2, 0.25) is 0 Å². The van der Waals surface area contributed by atoms with Crippen molar-refractivity contribution in [2.45, 2.75) is 29.6 Å². The zero-order chi connectivity index (χ0) is 13.8. The molecule has 0 unspecified atom stereocenters. The van der Waals surface area contributed by atoms with Crippen molar-refractivity contribution >= 4 is 17.4 Å². The summed E-state index contributed by atoms with van der Waals surface area (Å²) in [5, 5.41) is 9.12. The summed E-state index contributed by atoms with van der Waals surface area (Å²) < 4.78 is 0. The highest BCUT2D eigenvalue weighted by atomic mass is 32.2. The molecule has 0 bridgehead atoms. The maximum absolute atomic E-state index is 9.12. The Balaban J connectivity index is 2.24. The van der Waals surface area contributed by atoms with Crippen molar-refractivity contribution in [3.63, 3.8) is 0 Å². The third-order valence-electron chi connectivity index (χ3n) is 2.90. The van der Waals surface area contributed by atoms with Gasteiger partial charge in [-0.05, 0) is 41.8 Å². The predicted octanol–water partition coefficient (Wildman–Crippen LogP) is 4.42. The van der Waals surface area contributed by atoms with Crippen LogP contribution in [0.3, 0.4) is 0 Å². The molecule has 2 nitrogen and oxygen atoms in total. The third kappa shape index (κ3) is 3.30. The van der Waals surface area contributed by atoms with Gasteiger partial charge in [0.25, 0.3) is 0 Å². The molecule has 0 saturated carbocycles. The molecule has 0 aliphatic heterocycles. The monoisotopic (exact) mass is 268 g/mol. The Kier molecular flexibility index (Phi) is 4.13. The minimum atomic E-state index is 0.533. The minimum Gasteiger partial charge on any atom is -0.399 e. The van der Waals surface area contributed by atoms with Crippen LogP contribution in [0.25, 0.3) is 0 Å². The molecular formula is C16H16N2S. The molecule has 0 fully saturated rings. The first-order valence-electron chi connectivity index (χ1n) is 6.17. The number of benzene rings is 2. The Hall–Kier alpha value is -1.92. The second-order valence-corrected chi connectivity index (χ2v) is 5.81. The highest BCUT2D eigenvalue weighted by molar-refractivity contribution is 7.99. The maximum atomic E-state index is 9.12. The summed E-state index contributed by atoms with van der Waals surface area (Å²) >= 11 is 1.59. The van der Waals surface area contributed by atoms with Gasteiger partial charge in [-0.3, -0.25) is 0 Å². The summed E-state index contributed by atoms with van der Waals surface area (Å²) in [6.07, 6.45) is 0. The van der Waals surface area contributed by atoms with Gasteiger partial charge in [0.1, 0.15) is 6.07 Å². The van der Waals surface area contributed by atoms with E-state index >= 15 is 0 Å². The van der Waals surface area contributed by atoms with E-state index in [0.717, 1.165) is 9.79 Å². The highest BCUT2D eigenvalue weighted by Gasteiger charge is 2.05. The van der Waals surface area contributed by atoms with Crippen molar-refractivity contribution in [1.82, 2.24) is 0 Å². The van der Waals surface area contributed by atoms with Crippen molar-refractivity contribution in [2.75, 3.05) is 5.73 Å². The molecular weight excluding hydrogens is 252 g/mol. The molecule has 0 aromatic heterocycles. The predicted molar refractivity (Wildman–Crippen MR) is 80.2 cm³/mol. The molecule has 0 atom stereocenters. The van der Waals surface area contributed by atoms with Crippen LogP contribution >= 0.6 is 11.8 Å². The molecule has 0 aliphatic carbocycles. The van der Waals surface area contributed by atoms with Gasteiger partial charge in [-0.15, -0.1) is 0 Å². The zero-order valence-electron chi connectivity index (χ0n) is 11.1. The maximum Gasteiger partial charge on any atom is 0.100 e. The molecule has 0 amide bonds. The van der Waals surface area contributed by atoms with Gasteiger partial charge in [0.2, 0.25) is 0 Å². The lowest BCUT2D eigenvalue weighted by Gasteiger charge is -2.08. The van der Waals surface area contributed by atoms with Gasteiger partial charge in [0.15, 0.2) is 0 Å². The molecule has 2 aromatic rings. The van der Waals surface area contributed by atoms with E-state index in [2.05, 4.69) is 44.2 Å². The van der Waals surface area contributed by atoms with Gasteiger partial charge in [-0.25, -0.2) is 0 Å². The van der Waals surface area contributed by atoms with Gasteiger partial charge in [0, 0.05) is 15.5 Å². The quantitative estimate of drug-likeness (QED) is 0.838. The molecule has 2 N–H and O–H groups in total. The fraction of sp³-hybridized carbons (Fsp3) is 0.188. The lowest BCUT2D eigenvalue weighted by Crippen LogP contribution is -1.89. The van der Waals surface area contributed by atoms with Crippen molar-refractivity contribution in [3.05, 3.63) is 53.6 Å². The number of anilines is 1. The Labute approximate surface area is 118 Å². The Morgan fingerprint density at radius 3 is 2.37 bits per heavy atom. The fourth-order valence-electron chi connectivity index (χ4n) is 1.77. The van der Waals surface area contributed by atoms with E-state index in [1.54, 1.807) is 17.8 Å². The van der Waals surface area contributed by atoms with Crippen LogP contribution in [-0.4, -0.2) is 0 Å². The third-order valence-corrected chi connectivity index (χ3v) is 3.98. The number of nitrogen functional groups attached to an aromatic ring is 1. The van der Waals surface area contributed by atoms with E-state index in [1.165, 1.54) is 5.56 Å². The number of hydrogen-bond acceptors (Lipinski definition) is 3. The molecule has 3 heteroatoms. The zero-order valence-corrected chi connectivity index (χ0v) is 11.9. The van der Waals surface area contributed by atoms with Gasteiger partial charge >= 0.3 is 0 Å². The number of nitriles is 1. The van der Waals surface area contributed by atoms with Crippen LogP contribution in [0.15, 0.2) is 52.3 Å². The summed E-state index contributed by atoms with van der Waals surface area (Å²) in [4.78, 5) is 2.07. The molecule has 0 saturated heterocycles. The Bertz CT molecular complexity index is 610. The summed E-state index contributed by atoms with van der Waals surface area (Å²) in [5.74, 6) is 0.533. The molecule has 0 aliphatic rings. The van der Waals surface area contributed by atoms with Gasteiger partial charge in [0.05, 0.1) is 5.56 Å². The average Bonchev–Trinajstić information content (AvgIpc) is 2.41. The van der Waals surface area contributed by atoms with Crippen LogP contribution in [-0.2, 0) is 0 Å². The first-order valence-corrected chi connectivity index (χ1v) is 6.99. The van der Waals surface area contributed by atoms with E-state index in [0.29, 0.717) is 17.2 Å². The highest BCUT2D eigenvalue weighted by Crippen LogP contribution is 2.32. The molecule has 2 aromatic carbocycles. The average molecular weight is 268 g/mol. The fourth-order valence-corrected chi connectivity index (χ4v) is 2.65. The standard InChI is InChI=1S/C16H16N2S/c1-11(2)12-3-6-15(7-4-12)19-16-8-5-14(18)9-13(16)10-17/h3-9,11H,18H2,1-2H3. The number of hydrogen-bond donors (Lipinski definition) is 1. The van der Waals surface area contributed by atoms with E-state index < -0.39 is 0 Å². The largest absolute Gasteiger partial charge is 0.399 e. The lowest BCUT2D eigenvalue weighted by molar-refractivity contribution is 0.865. The molecule has 0 heterocycles. The number of rotatable bonds is 3. The lowest BCUT2D eigenvalue weighted by atomic mass is 10.0. The smallest absolute Gasteiger partial charge is 0.100 e. The van der Waals surface area contributed by atoms with Crippen LogP contribution in [0, 0.1) is 11.3 Å². The van der Waals surface area contributed by atoms with E-state index in [-0.39, 0.29) is 0 Å². The summed E-state index contributed by atoms with van der Waals surface area (Å²) in [6, 6.07) is 16.1. The van der Waals surface area contributed by atoms with Crippen LogP contribution in [0.4, 0.5) is 5.69 Å². The summed E-state index contributed by atoms with van der Waals surface area (Å²) in [6.45, 7) is 4.35. The minimum absolute atomic E-state index is 0.533. The molecule has 96 valence electrons. The van der Waals surface area contributed by atoms with Crippen LogP contribution < -0.4 is 5.73 Å². The van der Waals surface area contributed by atoms with Crippen molar-refractivity contribution < 1.29 is 0 Å². The summed E-state index contributed by atoms with van der Waals surface area (Å²) in [5.41, 5.74) is 8.26. The molecule has 0 radical (unpaired) electrons. The van der Waals surface area contributed by atoms with Crippen LogP contribution in [0.1, 0.15) is 30.9 Å². The SMILES string of the molecule is CC(C)c1ccc(Sc2ccc(N)cc2C#N)cc1. The van der Waals surface area contributed by atoms with Crippen molar-refractivity contribution in [3.8, 4) is 6.07 Å². The van der Waals surface area contributed by atoms with Crippen molar-refractivity contribution in [2.24, 2.45) is 0 Å². The molecule has 2 rings (SSSR count). The Morgan fingerprint density at radius 2 is 1.79 bits per heavy atom. The van der Waals surface area contributed by atoms with Gasteiger partial charge in [-0.1, -0.05) is 37.7 Å². The van der Waals surface area contributed by atoms with Gasteiger partial charge in [-0.2, -0.15) is 5.26 Å². The van der Waals surface area contributed by atoms with E-state index in [1.807, 2.05) is 12.1 Å².